The summed E-state index contributed by atoms with van der Waals surface area (Å²) in [6.07, 6.45) is -0.708. The zero-order chi connectivity index (χ0) is 34.7. The van der Waals surface area contributed by atoms with E-state index in [9.17, 15) is 31.9 Å². The lowest BCUT2D eigenvalue weighted by Gasteiger charge is -2.36. The van der Waals surface area contributed by atoms with Gasteiger partial charge in [0.25, 0.3) is 5.91 Å². The number of hydrogen-bond donors (Lipinski definition) is 2. The first-order valence-electron chi connectivity index (χ1n) is 15.0. The molecule has 49 heavy (non-hydrogen) atoms. The van der Waals surface area contributed by atoms with Crippen LogP contribution in [0.4, 0.5) is 22.0 Å². The number of aromatic nitrogens is 4. The van der Waals surface area contributed by atoms with Gasteiger partial charge in [-0.1, -0.05) is 84.6 Å². The Balaban J connectivity index is 1.20. The van der Waals surface area contributed by atoms with Gasteiger partial charge in [-0.05, 0) is 38.2 Å². The second-order valence-corrected chi connectivity index (χ2v) is 12.1. The summed E-state index contributed by atoms with van der Waals surface area (Å²) < 4.78 is 83.6. The van der Waals surface area contributed by atoms with E-state index < -0.39 is 46.8 Å². The number of amides is 1. The van der Waals surface area contributed by atoms with Crippen LogP contribution in [0.3, 0.4) is 0 Å². The van der Waals surface area contributed by atoms with E-state index in [1.807, 2.05) is 48.5 Å². The van der Waals surface area contributed by atoms with Crippen molar-refractivity contribution in [3.63, 3.8) is 0 Å². The summed E-state index contributed by atoms with van der Waals surface area (Å²) >= 11 is 1.46. The van der Waals surface area contributed by atoms with Gasteiger partial charge in [0.15, 0.2) is 29.6 Å². The highest BCUT2D eigenvalue weighted by Crippen LogP contribution is 2.40. The zero-order valence-electron chi connectivity index (χ0n) is 25.7. The molecule has 0 aliphatic carbocycles. The molecule has 1 aliphatic rings. The first kappa shape index (κ1) is 34.2. The molecule has 0 radical (unpaired) electrons. The molecule has 1 amide bonds. The molecule has 9 nitrogen and oxygen atoms in total. The maximum absolute atomic E-state index is 14.2. The minimum Gasteiger partial charge on any atom is -0.392 e. The number of aliphatic hydroxyl groups is 1. The van der Waals surface area contributed by atoms with Crippen LogP contribution in [0, 0.1) is 29.1 Å². The van der Waals surface area contributed by atoms with Gasteiger partial charge < -0.3 is 19.9 Å². The van der Waals surface area contributed by atoms with E-state index in [1.165, 1.54) is 11.8 Å². The molecular weight excluding hydrogens is 669 g/mol. The summed E-state index contributed by atoms with van der Waals surface area (Å²) in [7, 11) is 1.75. The number of nitrogens with one attached hydrogen (secondary N) is 1. The largest absolute Gasteiger partial charge is 0.392 e. The van der Waals surface area contributed by atoms with Gasteiger partial charge in [0.2, 0.25) is 11.0 Å². The van der Waals surface area contributed by atoms with Crippen molar-refractivity contribution in [1.82, 2.24) is 25.5 Å². The lowest BCUT2D eigenvalue weighted by atomic mass is 9.97. The second kappa shape index (κ2) is 14.8. The molecule has 254 valence electrons. The van der Waals surface area contributed by atoms with Gasteiger partial charge in [-0.2, -0.15) is 0 Å². The second-order valence-electron chi connectivity index (χ2n) is 11.2. The third-order valence-electron chi connectivity index (χ3n) is 7.98. The van der Waals surface area contributed by atoms with Crippen molar-refractivity contribution >= 4 is 17.7 Å². The number of thioether (sulfide) groups is 1. The molecule has 2 heterocycles. The molecule has 6 rings (SSSR count). The fraction of sp³-hybridized carbons (Fsp3) is 0.235. The zero-order valence-corrected chi connectivity index (χ0v) is 26.6. The number of rotatable bonds is 10. The van der Waals surface area contributed by atoms with Gasteiger partial charge in [-0.3, -0.25) is 4.79 Å². The van der Waals surface area contributed by atoms with Crippen molar-refractivity contribution in [3.05, 3.63) is 130 Å². The summed E-state index contributed by atoms with van der Waals surface area (Å²) in [4.78, 5) is 12.6. The molecule has 1 saturated heterocycles. The summed E-state index contributed by atoms with van der Waals surface area (Å²) in [6.45, 7) is -0.335. The Bertz CT molecular complexity index is 1930. The monoisotopic (exact) mass is 697 g/mol. The normalized spacial score (nSPS) is 17.7. The number of tetrazole rings is 1. The Morgan fingerprint density at radius 2 is 1.55 bits per heavy atom. The van der Waals surface area contributed by atoms with Crippen molar-refractivity contribution in [1.29, 1.82) is 0 Å². The van der Waals surface area contributed by atoms with E-state index in [0.717, 1.165) is 22.3 Å². The van der Waals surface area contributed by atoms with E-state index in [4.69, 9.17) is 9.47 Å². The number of aryl methyl sites for hydroxylation is 1. The van der Waals surface area contributed by atoms with Crippen LogP contribution >= 0.6 is 11.8 Å². The van der Waals surface area contributed by atoms with Gasteiger partial charge in [0.05, 0.1) is 18.8 Å². The van der Waals surface area contributed by atoms with Crippen LogP contribution in [-0.4, -0.2) is 43.1 Å². The van der Waals surface area contributed by atoms with Crippen molar-refractivity contribution in [2.45, 2.75) is 43.2 Å². The molecule has 1 fully saturated rings. The summed E-state index contributed by atoms with van der Waals surface area (Å²) in [5, 5.41) is 23.9. The van der Waals surface area contributed by atoms with Crippen LogP contribution in [0.1, 0.15) is 51.4 Å². The van der Waals surface area contributed by atoms with E-state index in [2.05, 4.69) is 20.8 Å². The third kappa shape index (κ3) is 7.34. The predicted octanol–water partition coefficient (Wildman–Crippen LogP) is 6.33. The Hall–Kier alpha value is -4.70. The van der Waals surface area contributed by atoms with Gasteiger partial charge in [-0.15, -0.1) is 5.10 Å². The van der Waals surface area contributed by atoms with Crippen LogP contribution in [0.15, 0.2) is 78.0 Å². The number of carbonyl (C=O) groups excluding carboxylic acids is 1. The third-order valence-corrected chi connectivity index (χ3v) is 9.12. The predicted molar refractivity (Wildman–Crippen MR) is 167 cm³/mol. The Kier molecular flexibility index (Phi) is 10.3. The standard InChI is InChI=1S/C34H28F5N5O4S/c1-44-34(41-42-43-44)49-17-23-14-25(20-8-6-18(16-45)7-9-20)48-33(47-23)21-12-10-19(11-13-21)24-5-3-2-4-22(24)15-40-32(46)26-27(35)29(37)31(39)30(38)28(26)36/h2-13,23,25,33,45H,14-17H2,1H3,(H,40,46). The number of carbonyl (C=O) groups is 1. The fourth-order valence-electron chi connectivity index (χ4n) is 5.38. The number of benzene rings is 4. The van der Waals surface area contributed by atoms with Crippen LogP contribution in [0.5, 0.6) is 0 Å². The molecule has 1 aliphatic heterocycles. The van der Waals surface area contributed by atoms with E-state index in [0.29, 0.717) is 28.5 Å². The molecule has 4 aromatic carbocycles. The maximum Gasteiger partial charge on any atom is 0.257 e. The van der Waals surface area contributed by atoms with Crippen LogP contribution in [-0.2, 0) is 29.7 Å². The first-order chi connectivity index (χ1) is 23.6. The molecule has 5 aromatic rings. The number of halogens is 5. The summed E-state index contributed by atoms with van der Waals surface area (Å²) in [6, 6.07) is 21.7. The van der Waals surface area contributed by atoms with Gasteiger partial charge in [0, 0.05) is 31.3 Å². The van der Waals surface area contributed by atoms with E-state index >= 15 is 0 Å². The number of nitrogens with zero attached hydrogens (tertiary/aromatic N) is 4. The highest BCUT2D eigenvalue weighted by atomic mass is 32.2. The van der Waals surface area contributed by atoms with Crippen molar-refractivity contribution < 1.29 is 41.3 Å². The smallest absolute Gasteiger partial charge is 0.257 e. The summed E-state index contributed by atoms with van der Waals surface area (Å²) in [5.41, 5.74) is 2.79. The maximum atomic E-state index is 14.2. The van der Waals surface area contributed by atoms with Crippen LogP contribution < -0.4 is 5.32 Å². The van der Waals surface area contributed by atoms with Crippen molar-refractivity contribution in [2.24, 2.45) is 7.05 Å². The fourth-order valence-corrected chi connectivity index (χ4v) is 6.25. The minimum absolute atomic E-state index is 0.0737. The quantitative estimate of drug-likeness (QED) is 0.0754. The molecule has 15 heteroatoms. The van der Waals surface area contributed by atoms with Crippen molar-refractivity contribution in [2.75, 3.05) is 5.75 Å². The average molecular weight is 698 g/mol. The van der Waals surface area contributed by atoms with E-state index in [1.54, 1.807) is 36.0 Å². The summed E-state index contributed by atoms with van der Waals surface area (Å²) in [5.74, 6) is -12.1. The molecule has 1 aromatic heterocycles. The molecule has 2 N–H and O–H groups in total. The molecule has 0 saturated carbocycles. The van der Waals surface area contributed by atoms with Crippen LogP contribution in [0.2, 0.25) is 0 Å². The lowest BCUT2D eigenvalue weighted by molar-refractivity contribution is -0.245. The molecule has 0 bridgehead atoms. The van der Waals surface area contributed by atoms with E-state index in [-0.39, 0.29) is 25.4 Å². The molecular formula is C34H28F5N5O4S. The number of aliphatic hydroxyl groups excluding tert-OH is 1. The molecule has 3 unspecified atom stereocenters. The van der Waals surface area contributed by atoms with Gasteiger partial charge in [-0.25, -0.2) is 26.6 Å². The highest BCUT2D eigenvalue weighted by Gasteiger charge is 2.33. The lowest BCUT2D eigenvalue weighted by Crippen LogP contribution is -2.31. The van der Waals surface area contributed by atoms with Gasteiger partial charge in [0.1, 0.15) is 5.56 Å². The number of hydrogen-bond acceptors (Lipinski definition) is 8. The first-order valence-corrected chi connectivity index (χ1v) is 16.0. The van der Waals surface area contributed by atoms with Crippen LogP contribution in [0.25, 0.3) is 11.1 Å². The average Bonchev–Trinajstić information content (AvgIpc) is 3.55. The van der Waals surface area contributed by atoms with Crippen molar-refractivity contribution in [3.8, 4) is 11.1 Å². The minimum atomic E-state index is -2.34. The Morgan fingerprint density at radius 1 is 0.898 bits per heavy atom. The highest BCUT2D eigenvalue weighted by molar-refractivity contribution is 7.99. The molecule has 3 atom stereocenters. The number of ether oxygens (including phenoxy) is 2. The molecule has 0 spiro atoms. The van der Waals surface area contributed by atoms with Gasteiger partial charge >= 0.3 is 0 Å². The Morgan fingerprint density at radius 3 is 2.20 bits per heavy atom. The Labute approximate surface area is 281 Å². The topological polar surface area (TPSA) is 111 Å². The SMILES string of the molecule is Cn1nnnc1SCC1CC(c2ccc(CO)cc2)OC(c2ccc(-c3ccccc3CNC(=O)c3c(F)c(F)c(F)c(F)c3F)cc2)O1.